The monoisotopic (exact) mass is 388 g/mol. The van der Waals surface area contributed by atoms with E-state index in [0.717, 1.165) is 37.2 Å². The molecule has 1 saturated heterocycles. The molecule has 1 amide bonds. The number of likely N-dealkylation sites (tertiary alicyclic amines) is 1. The van der Waals surface area contributed by atoms with E-state index in [1.807, 2.05) is 48.2 Å². The standard InChI is InChI=1S/C22H28N2O2.ClH/c1-16-6-3-7-18(12-16)15-26-21-10-4-8-19(13-21)22(25)24-11-5-9-20(14-24)17(2)23;/h3-4,6-8,10,12-13,17,20H,5,9,11,14-15,23H2,1-2H3;1H. The number of amides is 1. The molecule has 1 aliphatic rings. The van der Waals surface area contributed by atoms with Crippen molar-refractivity contribution in [2.45, 2.75) is 39.3 Å². The number of piperidine rings is 1. The molecule has 2 atom stereocenters. The lowest BCUT2D eigenvalue weighted by molar-refractivity contribution is 0.0660. The Morgan fingerprint density at radius 3 is 2.78 bits per heavy atom. The minimum atomic E-state index is 0. The number of hydrogen-bond acceptors (Lipinski definition) is 3. The average molecular weight is 389 g/mol. The van der Waals surface area contributed by atoms with E-state index in [0.29, 0.717) is 18.1 Å². The Morgan fingerprint density at radius 1 is 1.26 bits per heavy atom. The van der Waals surface area contributed by atoms with Crippen LogP contribution in [-0.4, -0.2) is 29.9 Å². The van der Waals surface area contributed by atoms with E-state index in [1.165, 1.54) is 5.56 Å². The third kappa shape index (κ3) is 5.72. The van der Waals surface area contributed by atoms with Crippen LogP contribution in [0.3, 0.4) is 0 Å². The second kappa shape index (κ2) is 9.77. The Labute approximate surface area is 168 Å². The van der Waals surface area contributed by atoms with E-state index >= 15 is 0 Å². The molecular weight excluding hydrogens is 360 g/mol. The molecule has 0 bridgehead atoms. The van der Waals surface area contributed by atoms with Crippen molar-refractivity contribution >= 4 is 18.3 Å². The van der Waals surface area contributed by atoms with Crippen LogP contribution >= 0.6 is 12.4 Å². The van der Waals surface area contributed by atoms with Crippen LogP contribution in [0, 0.1) is 12.8 Å². The maximum atomic E-state index is 12.9. The van der Waals surface area contributed by atoms with Crippen LogP contribution in [0.2, 0.25) is 0 Å². The van der Waals surface area contributed by atoms with E-state index in [1.54, 1.807) is 0 Å². The molecule has 0 radical (unpaired) electrons. The number of carbonyl (C=O) groups excluding carboxylic acids is 1. The number of rotatable bonds is 5. The van der Waals surface area contributed by atoms with Crippen LogP contribution in [0.1, 0.15) is 41.3 Å². The summed E-state index contributed by atoms with van der Waals surface area (Å²) in [6, 6.07) is 15.8. The van der Waals surface area contributed by atoms with Crippen LogP contribution < -0.4 is 10.5 Å². The summed E-state index contributed by atoms with van der Waals surface area (Å²) in [5.74, 6) is 1.17. The maximum Gasteiger partial charge on any atom is 0.253 e. The lowest BCUT2D eigenvalue weighted by Gasteiger charge is -2.34. The topological polar surface area (TPSA) is 55.6 Å². The number of halogens is 1. The predicted molar refractivity (Wildman–Crippen MR) is 111 cm³/mol. The first-order valence-corrected chi connectivity index (χ1v) is 9.36. The van der Waals surface area contributed by atoms with Crippen molar-refractivity contribution in [1.29, 1.82) is 0 Å². The molecule has 3 rings (SSSR count). The van der Waals surface area contributed by atoms with Crippen molar-refractivity contribution < 1.29 is 9.53 Å². The minimum absolute atomic E-state index is 0. The number of ether oxygens (including phenoxy) is 1. The van der Waals surface area contributed by atoms with E-state index < -0.39 is 0 Å². The summed E-state index contributed by atoms with van der Waals surface area (Å²) in [5, 5.41) is 0. The second-order valence-corrected chi connectivity index (χ2v) is 7.32. The Bertz CT molecular complexity index is 763. The van der Waals surface area contributed by atoms with Crippen molar-refractivity contribution in [3.05, 3.63) is 65.2 Å². The summed E-state index contributed by atoms with van der Waals surface area (Å²) in [5.41, 5.74) is 9.05. The van der Waals surface area contributed by atoms with Gasteiger partial charge < -0.3 is 15.4 Å². The van der Waals surface area contributed by atoms with Gasteiger partial charge in [-0.3, -0.25) is 4.79 Å². The lowest BCUT2D eigenvalue weighted by Crippen LogP contribution is -2.45. The highest BCUT2D eigenvalue weighted by Crippen LogP contribution is 2.22. The second-order valence-electron chi connectivity index (χ2n) is 7.32. The third-order valence-electron chi connectivity index (χ3n) is 5.06. The number of nitrogens with two attached hydrogens (primary N) is 1. The van der Waals surface area contributed by atoms with Gasteiger partial charge in [0.05, 0.1) is 0 Å². The zero-order valence-corrected chi connectivity index (χ0v) is 16.9. The predicted octanol–water partition coefficient (Wildman–Crippen LogP) is 4.20. The van der Waals surface area contributed by atoms with Gasteiger partial charge in [-0.25, -0.2) is 0 Å². The van der Waals surface area contributed by atoms with Gasteiger partial charge in [0.25, 0.3) is 5.91 Å². The Kier molecular flexibility index (Phi) is 7.69. The summed E-state index contributed by atoms with van der Waals surface area (Å²) in [4.78, 5) is 14.8. The van der Waals surface area contributed by atoms with Crippen LogP contribution in [0.4, 0.5) is 0 Å². The molecule has 2 N–H and O–H groups in total. The number of nitrogens with zero attached hydrogens (tertiary/aromatic N) is 1. The quantitative estimate of drug-likeness (QED) is 0.835. The zero-order valence-electron chi connectivity index (χ0n) is 16.1. The number of hydrogen-bond donors (Lipinski definition) is 1. The van der Waals surface area contributed by atoms with Crippen molar-refractivity contribution in [3.63, 3.8) is 0 Å². The molecule has 2 aromatic rings. The van der Waals surface area contributed by atoms with E-state index in [4.69, 9.17) is 10.5 Å². The van der Waals surface area contributed by atoms with Crippen molar-refractivity contribution in [2.75, 3.05) is 13.1 Å². The van der Waals surface area contributed by atoms with E-state index in [2.05, 4.69) is 19.1 Å². The van der Waals surface area contributed by atoms with Gasteiger partial charge in [-0.05, 0) is 56.4 Å². The normalized spacial score (nSPS) is 17.7. The largest absolute Gasteiger partial charge is 0.489 e. The smallest absolute Gasteiger partial charge is 0.253 e. The van der Waals surface area contributed by atoms with E-state index in [-0.39, 0.29) is 24.4 Å². The highest BCUT2D eigenvalue weighted by molar-refractivity contribution is 5.94. The highest BCUT2D eigenvalue weighted by atomic mass is 35.5. The highest BCUT2D eigenvalue weighted by Gasteiger charge is 2.26. The molecule has 27 heavy (non-hydrogen) atoms. The summed E-state index contributed by atoms with van der Waals surface area (Å²) in [6.45, 7) is 6.13. The fraction of sp³-hybridized carbons (Fsp3) is 0.409. The molecule has 1 heterocycles. The number of benzene rings is 2. The van der Waals surface area contributed by atoms with Crippen LogP contribution in [0.5, 0.6) is 5.75 Å². The van der Waals surface area contributed by atoms with Gasteiger partial charge in [-0.1, -0.05) is 35.9 Å². The number of carbonyl (C=O) groups is 1. The number of aryl methyl sites for hydroxylation is 1. The average Bonchev–Trinajstić information content (AvgIpc) is 2.66. The van der Waals surface area contributed by atoms with Gasteiger partial charge in [0.15, 0.2) is 0 Å². The molecule has 0 spiro atoms. The molecule has 146 valence electrons. The molecule has 4 nitrogen and oxygen atoms in total. The molecule has 0 aromatic heterocycles. The Balaban J connectivity index is 0.00000261. The van der Waals surface area contributed by atoms with Gasteiger partial charge >= 0.3 is 0 Å². The maximum absolute atomic E-state index is 12.9. The van der Waals surface area contributed by atoms with Gasteiger partial charge in [-0.15, -0.1) is 12.4 Å². The molecule has 1 fully saturated rings. The molecule has 0 aliphatic carbocycles. The molecule has 2 aromatic carbocycles. The first kappa shape index (κ1) is 21.3. The van der Waals surface area contributed by atoms with Crippen molar-refractivity contribution in [2.24, 2.45) is 11.7 Å². The fourth-order valence-corrected chi connectivity index (χ4v) is 3.49. The summed E-state index contributed by atoms with van der Waals surface area (Å²) in [7, 11) is 0. The van der Waals surface area contributed by atoms with Crippen molar-refractivity contribution in [1.82, 2.24) is 4.90 Å². The minimum Gasteiger partial charge on any atom is -0.489 e. The molecule has 5 heteroatoms. The summed E-state index contributed by atoms with van der Waals surface area (Å²) < 4.78 is 5.89. The first-order chi connectivity index (χ1) is 12.5. The van der Waals surface area contributed by atoms with E-state index in [9.17, 15) is 4.79 Å². The zero-order chi connectivity index (χ0) is 18.5. The van der Waals surface area contributed by atoms with Crippen molar-refractivity contribution in [3.8, 4) is 5.75 Å². The molecular formula is C22H29ClN2O2. The molecule has 2 unspecified atom stereocenters. The van der Waals surface area contributed by atoms with Crippen LogP contribution in [0.25, 0.3) is 0 Å². The van der Waals surface area contributed by atoms with Gasteiger partial charge in [0.1, 0.15) is 12.4 Å². The molecule has 0 saturated carbocycles. The molecule has 1 aliphatic heterocycles. The van der Waals surface area contributed by atoms with Gasteiger partial charge in [0, 0.05) is 24.7 Å². The third-order valence-corrected chi connectivity index (χ3v) is 5.06. The van der Waals surface area contributed by atoms with Crippen LogP contribution in [-0.2, 0) is 6.61 Å². The van der Waals surface area contributed by atoms with Gasteiger partial charge in [0.2, 0.25) is 0 Å². The fourth-order valence-electron chi connectivity index (χ4n) is 3.49. The van der Waals surface area contributed by atoms with Crippen LogP contribution in [0.15, 0.2) is 48.5 Å². The first-order valence-electron chi connectivity index (χ1n) is 9.36. The lowest BCUT2D eigenvalue weighted by atomic mass is 9.92. The van der Waals surface area contributed by atoms with Gasteiger partial charge in [-0.2, -0.15) is 0 Å². The Hall–Kier alpha value is -2.04. The SMILES string of the molecule is Cc1cccc(COc2cccc(C(=O)N3CCCC(C(C)N)C3)c2)c1.Cl. The Morgan fingerprint density at radius 2 is 2.04 bits per heavy atom. The summed E-state index contributed by atoms with van der Waals surface area (Å²) >= 11 is 0. The summed E-state index contributed by atoms with van der Waals surface area (Å²) in [6.07, 6.45) is 2.11.